The van der Waals surface area contributed by atoms with E-state index in [1.165, 1.54) is 18.4 Å². The maximum atomic E-state index is 13.6. The van der Waals surface area contributed by atoms with Gasteiger partial charge < -0.3 is 10.1 Å². The standard InChI is InChI=1S/C27H24N2O3S/c1-16-12-13-19-23(14-16)33-26(24(19)27(31)32-2)29-25(30)20-15-22(17-8-4-3-5-9-17)28-21-11-7-6-10-18(20)21/h3-11,15-16H,12-14H2,1-2H3,(H,29,30). The number of hydrogen-bond donors (Lipinski definition) is 1. The van der Waals surface area contributed by atoms with Crippen LogP contribution in [-0.2, 0) is 17.6 Å². The van der Waals surface area contributed by atoms with Gasteiger partial charge in [-0.2, -0.15) is 0 Å². The highest BCUT2D eigenvalue weighted by molar-refractivity contribution is 7.17. The Balaban J connectivity index is 1.59. The molecule has 4 aromatic rings. The van der Waals surface area contributed by atoms with Gasteiger partial charge in [0.05, 0.1) is 29.4 Å². The second kappa shape index (κ2) is 8.79. The zero-order valence-electron chi connectivity index (χ0n) is 18.6. The molecule has 0 aliphatic heterocycles. The van der Waals surface area contributed by atoms with Crippen LogP contribution in [0.25, 0.3) is 22.2 Å². The first-order valence-corrected chi connectivity index (χ1v) is 11.9. The van der Waals surface area contributed by atoms with Crippen LogP contribution in [0.3, 0.4) is 0 Å². The lowest BCUT2D eigenvalue weighted by molar-refractivity contribution is 0.0601. The van der Waals surface area contributed by atoms with Crippen LogP contribution in [0.1, 0.15) is 44.5 Å². The zero-order valence-corrected chi connectivity index (χ0v) is 19.4. The minimum Gasteiger partial charge on any atom is -0.465 e. The number of anilines is 1. The summed E-state index contributed by atoms with van der Waals surface area (Å²) in [7, 11) is 1.38. The fourth-order valence-corrected chi connectivity index (χ4v) is 5.84. The van der Waals surface area contributed by atoms with E-state index >= 15 is 0 Å². The fraction of sp³-hybridized carbons (Fsp3) is 0.222. The van der Waals surface area contributed by atoms with Crippen molar-refractivity contribution >= 4 is 39.1 Å². The highest BCUT2D eigenvalue weighted by atomic mass is 32.1. The molecule has 33 heavy (non-hydrogen) atoms. The van der Waals surface area contributed by atoms with E-state index in [9.17, 15) is 9.59 Å². The fourth-order valence-electron chi connectivity index (χ4n) is 4.45. The van der Waals surface area contributed by atoms with Crippen molar-refractivity contribution in [3.8, 4) is 11.3 Å². The van der Waals surface area contributed by atoms with E-state index in [1.54, 1.807) is 0 Å². The lowest BCUT2D eigenvalue weighted by Crippen LogP contribution is -2.16. The Labute approximate surface area is 196 Å². The molecule has 0 bridgehead atoms. The Bertz CT molecular complexity index is 1360. The van der Waals surface area contributed by atoms with Crippen molar-refractivity contribution in [1.29, 1.82) is 0 Å². The van der Waals surface area contributed by atoms with E-state index in [1.807, 2.05) is 60.7 Å². The van der Waals surface area contributed by atoms with Crippen molar-refractivity contribution in [2.45, 2.75) is 26.2 Å². The summed E-state index contributed by atoms with van der Waals surface area (Å²) in [4.78, 5) is 32.1. The number of methoxy groups -OCH3 is 1. The predicted molar refractivity (Wildman–Crippen MR) is 132 cm³/mol. The molecule has 1 atom stereocenters. The van der Waals surface area contributed by atoms with E-state index in [0.717, 1.165) is 51.9 Å². The number of nitrogens with one attached hydrogen (secondary N) is 1. The van der Waals surface area contributed by atoms with Gasteiger partial charge in [0.1, 0.15) is 5.00 Å². The number of para-hydroxylation sites is 1. The Hall–Kier alpha value is -3.51. The van der Waals surface area contributed by atoms with E-state index in [2.05, 4.69) is 12.2 Å². The summed E-state index contributed by atoms with van der Waals surface area (Å²) < 4.78 is 5.07. The van der Waals surface area contributed by atoms with Gasteiger partial charge in [0.2, 0.25) is 0 Å². The largest absolute Gasteiger partial charge is 0.465 e. The third kappa shape index (κ3) is 4.02. The first-order valence-electron chi connectivity index (χ1n) is 11.0. The maximum Gasteiger partial charge on any atom is 0.341 e. The first-order chi connectivity index (χ1) is 16.0. The van der Waals surface area contributed by atoms with Crippen molar-refractivity contribution in [3.63, 3.8) is 0 Å². The summed E-state index contributed by atoms with van der Waals surface area (Å²) in [6, 6.07) is 19.2. The van der Waals surface area contributed by atoms with Gasteiger partial charge in [-0.1, -0.05) is 55.5 Å². The minimum atomic E-state index is -0.401. The number of esters is 1. The molecule has 0 radical (unpaired) electrons. The first kappa shape index (κ1) is 21.3. The molecule has 5 rings (SSSR count). The third-order valence-corrected chi connectivity index (χ3v) is 7.33. The number of nitrogens with zero attached hydrogens (tertiary/aromatic N) is 1. The van der Waals surface area contributed by atoms with Crippen LogP contribution in [0.4, 0.5) is 5.00 Å². The number of rotatable bonds is 4. The average Bonchev–Trinajstić information content (AvgIpc) is 3.20. The predicted octanol–water partition coefficient (Wildman–Crippen LogP) is 6.13. The molecule has 1 amide bonds. The van der Waals surface area contributed by atoms with Crippen molar-refractivity contribution < 1.29 is 14.3 Å². The molecule has 1 aliphatic rings. The minimum absolute atomic E-state index is 0.262. The van der Waals surface area contributed by atoms with Crippen molar-refractivity contribution in [2.75, 3.05) is 12.4 Å². The lowest BCUT2D eigenvalue weighted by Gasteiger charge is -2.18. The number of carbonyl (C=O) groups is 2. The molecule has 2 aromatic heterocycles. The van der Waals surface area contributed by atoms with E-state index in [4.69, 9.17) is 9.72 Å². The normalized spacial score (nSPS) is 15.2. The van der Waals surface area contributed by atoms with Crippen LogP contribution in [-0.4, -0.2) is 24.0 Å². The Kier molecular flexibility index (Phi) is 5.68. The van der Waals surface area contributed by atoms with Crippen LogP contribution in [0.15, 0.2) is 60.7 Å². The van der Waals surface area contributed by atoms with Crippen molar-refractivity contribution in [3.05, 3.63) is 82.2 Å². The third-order valence-electron chi connectivity index (χ3n) is 6.16. The molecule has 0 fully saturated rings. The van der Waals surface area contributed by atoms with Gasteiger partial charge >= 0.3 is 5.97 Å². The van der Waals surface area contributed by atoms with Crippen molar-refractivity contribution in [2.24, 2.45) is 5.92 Å². The molecule has 0 spiro atoms. The van der Waals surface area contributed by atoms with Crippen molar-refractivity contribution in [1.82, 2.24) is 4.98 Å². The number of carbonyl (C=O) groups excluding carboxylic acids is 2. The van der Waals surface area contributed by atoms with Crippen LogP contribution in [0.5, 0.6) is 0 Å². The van der Waals surface area contributed by atoms with E-state index in [-0.39, 0.29) is 5.91 Å². The van der Waals surface area contributed by atoms with Crippen LogP contribution >= 0.6 is 11.3 Å². The van der Waals surface area contributed by atoms with Gasteiger partial charge in [-0.25, -0.2) is 9.78 Å². The molecule has 0 saturated carbocycles. The zero-order chi connectivity index (χ0) is 22.9. The summed E-state index contributed by atoms with van der Waals surface area (Å²) in [6.45, 7) is 2.22. The quantitative estimate of drug-likeness (QED) is 0.375. The smallest absolute Gasteiger partial charge is 0.341 e. The SMILES string of the molecule is COC(=O)c1c(NC(=O)c2cc(-c3ccccc3)nc3ccccc23)sc2c1CCC(C)C2. The van der Waals surface area contributed by atoms with Crippen LogP contribution in [0.2, 0.25) is 0 Å². The molecule has 1 aliphatic carbocycles. The van der Waals surface area contributed by atoms with Gasteiger partial charge in [0.15, 0.2) is 0 Å². The van der Waals surface area contributed by atoms with E-state index < -0.39 is 5.97 Å². The monoisotopic (exact) mass is 456 g/mol. The number of thiophene rings is 1. The molecule has 6 heteroatoms. The highest BCUT2D eigenvalue weighted by Crippen LogP contribution is 2.40. The number of benzene rings is 2. The number of hydrogen-bond acceptors (Lipinski definition) is 5. The number of fused-ring (bicyclic) bond motifs is 2. The maximum absolute atomic E-state index is 13.6. The summed E-state index contributed by atoms with van der Waals surface area (Å²) in [6.07, 6.45) is 2.76. The number of aromatic nitrogens is 1. The molecular weight excluding hydrogens is 432 g/mol. The van der Waals surface area contributed by atoms with Crippen LogP contribution < -0.4 is 5.32 Å². The van der Waals surface area contributed by atoms with Gasteiger partial charge in [-0.15, -0.1) is 11.3 Å². The molecule has 166 valence electrons. The summed E-state index contributed by atoms with van der Waals surface area (Å²) in [5, 5.41) is 4.37. The molecular formula is C27H24N2O3S. The molecule has 2 heterocycles. The number of ether oxygens (including phenoxy) is 1. The lowest BCUT2D eigenvalue weighted by atomic mass is 9.88. The molecule has 0 saturated heterocycles. The molecule has 1 N–H and O–H groups in total. The molecule has 2 aromatic carbocycles. The topological polar surface area (TPSA) is 68.3 Å². The Morgan fingerprint density at radius 3 is 2.64 bits per heavy atom. The Morgan fingerprint density at radius 1 is 1.09 bits per heavy atom. The average molecular weight is 457 g/mol. The highest BCUT2D eigenvalue weighted by Gasteiger charge is 2.29. The van der Waals surface area contributed by atoms with Gasteiger partial charge in [-0.3, -0.25) is 4.79 Å². The number of pyridine rings is 1. The second-order valence-corrected chi connectivity index (χ2v) is 9.54. The second-order valence-electron chi connectivity index (χ2n) is 8.44. The molecule has 5 nitrogen and oxygen atoms in total. The molecule has 1 unspecified atom stereocenters. The van der Waals surface area contributed by atoms with Crippen LogP contribution in [0, 0.1) is 5.92 Å². The summed E-state index contributed by atoms with van der Waals surface area (Å²) in [5.41, 5.74) is 4.45. The van der Waals surface area contributed by atoms with Gasteiger partial charge in [0.25, 0.3) is 5.91 Å². The Morgan fingerprint density at radius 2 is 1.85 bits per heavy atom. The van der Waals surface area contributed by atoms with Gasteiger partial charge in [0, 0.05) is 15.8 Å². The summed E-state index contributed by atoms with van der Waals surface area (Å²) >= 11 is 1.49. The van der Waals surface area contributed by atoms with Gasteiger partial charge in [-0.05, 0) is 42.9 Å². The van der Waals surface area contributed by atoms with E-state index in [0.29, 0.717) is 22.0 Å². The summed E-state index contributed by atoms with van der Waals surface area (Å²) in [5.74, 6) is -0.104. The number of amides is 1.